The van der Waals surface area contributed by atoms with Crippen LogP contribution in [0.5, 0.6) is 0 Å². The van der Waals surface area contributed by atoms with Crippen LogP contribution in [0.25, 0.3) is 0 Å². The van der Waals surface area contributed by atoms with Crippen molar-refractivity contribution in [2.75, 3.05) is 6.61 Å². The first-order chi connectivity index (χ1) is 31.1. The van der Waals surface area contributed by atoms with Crippen molar-refractivity contribution < 1.29 is 20.1 Å². The number of hydrogen-bond donors (Lipinski definition) is 4. The lowest BCUT2D eigenvalue weighted by Gasteiger charge is -2.26. The number of unbranched alkanes of at least 4 members (excludes halogenated alkanes) is 41. The van der Waals surface area contributed by atoms with Gasteiger partial charge >= 0.3 is 0 Å². The summed E-state index contributed by atoms with van der Waals surface area (Å²) >= 11 is 0. The van der Waals surface area contributed by atoms with Crippen LogP contribution in [0.4, 0.5) is 0 Å². The first kappa shape index (κ1) is 61.8. The van der Waals surface area contributed by atoms with E-state index < -0.39 is 18.2 Å². The molecule has 0 aromatic rings. The molecule has 0 aromatic heterocycles. The van der Waals surface area contributed by atoms with E-state index in [4.69, 9.17) is 0 Å². The van der Waals surface area contributed by atoms with E-state index in [-0.39, 0.29) is 12.5 Å². The summed E-state index contributed by atoms with van der Waals surface area (Å²) in [6, 6.07) is -0.826. The van der Waals surface area contributed by atoms with Crippen molar-refractivity contribution >= 4 is 5.91 Å². The molecule has 0 rings (SSSR count). The smallest absolute Gasteiger partial charge is 0.220 e. The molecule has 0 aromatic carbocycles. The molecule has 0 saturated heterocycles. The zero-order valence-electron chi connectivity index (χ0n) is 42.7. The maximum atomic E-state index is 12.5. The maximum Gasteiger partial charge on any atom is 0.220 e. The number of carbonyl (C=O) groups excluding carboxylic acids is 1. The zero-order valence-corrected chi connectivity index (χ0v) is 42.7. The number of rotatable bonds is 53. The predicted octanol–water partition coefficient (Wildman–Crippen LogP) is 17.7. The zero-order chi connectivity index (χ0) is 45.8. The minimum absolute atomic E-state index is 0.151. The van der Waals surface area contributed by atoms with Gasteiger partial charge in [0.15, 0.2) is 0 Å². The lowest BCUT2D eigenvalue weighted by Crippen LogP contribution is -2.50. The van der Waals surface area contributed by atoms with Crippen molar-refractivity contribution in [1.82, 2.24) is 5.32 Å². The standard InChI is InChI=1S/C58H113NO4/c1-3-5-7-9-11-13-15-17-19-21-23-25-27-28-29-31-33-35-37-39-41-43-45-47-49-51-53-57(62)59-55(54-60)58(63)56(61)52-50-48-46-44-42-40-38-36-34-32-30-26-24-22-20-18-16-14-12-10-8-6-4-2/h28-29,44,46,55-56,58,60-61,63H,3-27,30-43,45,47-54H2,1-2H3,(H,59,62)/b29-28-,46-44+. The second-order valence-corrected chi connectivity index (χ2v) is 19.8. The van der Waals surface area contributed by atoms with Crippen molar-refractivity contribution in [1.29, 1.82) is 0 Å². The molecule has 374 valence electrons. The molecule has 0 heterocycles. The highest BCUT2D eigenvalue weighted by atomic mass is 16.3. The van der Waals surface area contributed by atoms with Crippen LogP contribution in [0.2, 0.25) is 0 Å². The highest BCUT2D eigenvalue weighted by molar-refractivity contribution is 5.76. The van der Waals surface area contributed by atoms with E-state index in [0.717, 1.165) is 38.5 Å². The summed E-state index contributed by atoms with van der Waals surface area (Å²) < 4.78 is 0. The summed E-state index contributed by atoms with van der Waals surface area (Å²) in [7, 11) is 0. The van der Waals surface area contributed by atoms with Crippen molar-refractivity contribution in [2.45, 2.75) is 334 Å². The third kappa shape index (κ3) is 48.6. The Labute approximate surface area is 394 Å². The first-order valence-corrected chi connectivity index (χ1v) is 28.6. The van der Waals surface area contributed by atoms with Crippen LogP contribution in [0.3, 0.4) is 0 Å². The van der Waals surface area contributed by atoms with E-state index in [9.17, 15) is 20.1 Å². The molecule has 0 spiro atoms. The Morgan fingerprint density at radius 1 is 0.381 bits per heavy atom. The minimum atomic E-state index is -1.16. The fourth-order valence-corrected chi connectivity index (χ4v) is 9.10. The molecule has 0 aliphatic rings. The van der Waals surface area contributed by atoms with Crippen molar-refractivity contribution in [3.8, 4) is 0 Å². The van der Waals surface area contributed by atoms with Gasteiger partial charge < -0.3 is 20.6 Å². The number of nitrogens with one attached hydrogen (secondary N) is 1. The normalized spacial score (nSPS) is 13.4. The average Bonchev–Trinajstić information content (AvgIpc) is 3.29. The lowest BCUT2D eigenvalue weighted by atomic mass is 10.0. The van der Waals surface area contributed by atoms with Gasteiger partial charge in [-0.2, -0.15) is 0 Å². The topological polar surface area (TPSA) is 89.8 Å². The number of carbonyl (C=O) groups is 1. The highest BCUT2D eigenvalue weighted by Crippen LogP contribution is 2.17. The molecule has 0 fully saturated rings. The molecule has 5 heteroatoms. The Balaban J connectivity index is 3.56. The molecule has 5 nitrogen and oxygen atoms in total. The van der Waals surface area contributed by atoms with Crippen molar-refractivity contribution in [3.05, 3.63) is 24.3 Å². The molecule has 0 aliphatic carbocycles. The van der Waals surface area contributed by atoms with Crippen LogP contribution in [0.1, 0.15) is 316 Å². The van der Waals surface area contributed by atoms with Gasteiger partial charge in [0.2, 0.25) is 5.91 Å². The van der Waals surface area contributed by atoms with Gasteiger partial charge in [0, 0.05) is 6.42 Å². The summed E-state index contributed by atoms with van der Waals surface area (Å²) in [5.41, 5.74) is 0. The number of aliphatic hydroxyl groups is 3. The van der Waals surface area contributed by atoms with Crippen molar-refractivity contribution in [3.63, 3.8) is 0 Å². The van der Waals surface area contributed by atoms with Gasteiger partial charge in [0.05, 0.1) is 18.8 Å². The number of amides is 1. The van der Waals surface area contributed by atoms with Crippen LogP contribution < -0.4 is 5.32 Å². The van der Waals surface area contributed by atoms with Gasteiger partial charge in [-0.25, -0.2) is 0 Å². The van der Waals surface area contributed by atoms with Crippen LogP contribution >= 0.6 is 0 Å². The van der Waals surface area contributed by atoms with Gasteiger partial charge in [0.25, 0.3) is 0 Å². The van der Waals surface area contributed by atoms with E-state index in [1.807, 2.05) is 0 Å². The van der Waals surface area contributed by atoms with E-state index in [1.54, 1.807) is 0 Å². The first-order valence-electron chi connectivity index (χ1n) is 28.6. The Kier molecular flexibility index (Phi) is 52.5. The number of aliphatic hydroxyl groups excluding tert-OH is 3. The number of hydrogen-bond acceptors (Lipinski definition) is 4. The summed E-state index contributed by atoms with van der Waals surface area (Å²) in [4.78, 5) is 12.5. The summed E-state index contributed by atoms with van der Waals surface area (Å²) in [6.45, 7) is 4.21. The van der Waals surface area contributed by atoms with Crippen molar-refractivity contribution in [2.24, 2.45) is 0 Å². The molecule has 1 amide bonds. The monoisotopic (exact) mass is 888 g/mol. The Morgan fingerprint density at radius 3 is 0.921 bits per heavy atom. The molecular formula is C58H113NO4. The number of allylic oxidation sites excluding steroid dienone is 4. The van der Waals surface area contributed by atoms with E-state index in [2.05, 4.69) is 43.5 Å². The fourth-order valence-electron chi connectivity index (χ4n) is 9.10. The maximum absolute atomic E-state index is 12.5. The largest absolute Gasteiger partial charge is 0.394 e. The predicted molar refractivity (Wildman–Crippen MR) is 278 cm³/mol. The summed E-state index contributed by atoms with van der Waals surface area (Å²) in [6.07, 6.45) is 67.7. The summed E-state index contributed by atoms with van der Waals surface area (Å²) in [5, 5.41) is 33.8. The molecular weight excluding hydrogens is 775 g/mol. The van der Waals surface area contributed by atoms with Crippen LogP contribution in [0, 0.1) is 0 Å². The molecule has 0 radical (unpaired) electrons. The van der Waals surface area contributed by atoms with Gasteiger partial charge in [-0.05, 0) is 64.2 Å². The third-order valence-corrected chi connectivity index (χ3v) is 13.5. The van der Waals surface area contributed by atoms with Gasteiger partial charge in [-0.15, -0.1) is 0 Å². The highest BCUT2D eigenvalue weighted by Gasteiger charge is 2.26. The lowest BCUT2D eigenvalue weighted by molar-refractivity contribution is -0.124. The average molecular weight is 889 g/mol. The Hall–Kier alpha value is -1.17. The molecule has 4 N–H and O–H groups in total. The Morgan fingerprint density at radius 2 is 0.635 bits per heavy atom. The molecule has 3 atom stereocenters. The Bertz CT molecular complexity index is 936. The third-order valence-electron chi connectivity index (χ3n) is 13.5. The van der Waals surface area contributed by atoms with Gasteiger partial charge in [0.1, 0.15) is 6.10 Å². The second kappa shape index (κ2) is 53.4. The molecule has 0 bridgehead atoms. The molecule has 0 aliphatic heterocycles. The second-order valence-electron chi connectivity index (χ2n) is 19.8. The van der Waals surface area contributed by atoms with E-state index >= 15 is 0 Å². The fraction of sp³-hybridized carbons (Fsp3) is 0.914. The van der Waals surface area contributed by atoms with E-state index in [0.29, 0.717) is 12.8 Å². The van der Waals surface area contributed by atoms with E-state index in [1.165, 1.54) is 250 Å². The van der Waals surface area contributed by atoms with Crippen LogP contribution in [-0.4, -0.2) is 46.1 Å². The molecule has 3 unspecified atom stereocenters. The molecule has 63 heavy (non-hydrogen) atoms. The summed E-state index contributed by atoms with van der Waals surface area (Å²) in [5.74, 6) is -0.151. The van der Waals surface area contributed by atoms with Gasteiger partial charge in [-0.1, -0.05) is 269 Å². The van der Waals surface area contributed by atoms with Crippen LogP contribution in [0.15, 0.2) is 24.3 Å². The quantitative estimate of drug-likeness (QED) is 0.0362. The molecule has 0 saturated carbocycles. The SMILES string of the molecule is CCCCCCCCCCCCCC/C=C\CCCCCCCCCCCCC(=O)NC(CO)C(O)C(O)CCC/C=C/CCCCCCCCCCCCCCCCCCCC. The van der Waals surface area contributed by atoms with Gasteiger partial charge in [-0.3, -0.25) is 4.79 Å². The minimum Gasteiger partial charge on any atom is -0.394 e. The van der Waals surface area contributed by atoms with Crippen LogP contribution in [-0.2, 0) is 4.79 Å².